The number of halogens is 1. The zero-order chi connectivity index (χ0) is 18.1. The second kappa shape index (κ2) is 7.31. The van der Waals surface area contributed by atoms with Crippen LogP contribution in [-0.2, 0) is 0 Å². The van der Waals surface area contributed by atoms with Gasteiger partial charge in [-0.05, 0) is 50.8 Å². The van der Waals surface area contributed by atoms with Crippen LogP contribution in [0.4, 0.5) is 17.3 Å². The molecule has 0 bridgehead atoms. The Kier molecular flexibility index (Phi) is 4.89. The summed E-state index contributed by atoms with van der Waals surface area (Å²) in [5.41, 5.74) is 2.28. The molecule has 1 saturated carbocycles. The molecule has 2 heterocycles. The quantitative estimate of drug-likeness (QED) is 0.774. The van der Waals surface area contributed by atoms with E-state index in [1.54, 1.807) is 12.4 Å². The molecule has 0 saturated heterocycles. The number of nitrogens with zero attached hydrogens (tertiary/aromatic N) is 3. The highest BCUT2D eigenvalue weighted by Crippen LogP contribution is 2.44. The first-order chi connectivity index (χ1) is 12.6. The van der Waals surface area contributed by atoms with Gasteiger partial charge in [0, 0.05) is 30.0 Å². The van der Waals surface area contributed by atoms with E-state index in [1.807, 2.05) is 6.07 Å². The standard InChI is InChI=1S/C19H24BrN5O/c1-12-23-16-10-13(20)11-17(18(16)25(12)2)26-15-6-4-14(5-7-15)24-19-21-8-3-9-22-19/h3,8-12,14-15,23H,4-7H2,1-2H3,(H,21,22,24). The van der Waals surface area contributed by atoms with Crippen LogP contribution in [0.25, 0.3) is 0 Å². The minimum absolute atomic E-state index is 0.243. The van der Waals surface area contributed by atoms with Crippen molar-refractivity contribution >= 4 is 33.3 Å². The van der Waals surface area contributed by atoms with Gasteiger partial charge in [-0.3, -0.25) is 0 Å². The van der Waals surface area contributed by atoms with Crippen LogP contribution in [0, 0.1) is 0 Å². The molecule has 0 amide bonds. The lowest BCUT2D eigenvalue weighted by Crippen LogP contribution is -2.32. The fraction of sp³-hybridized carbons (Fsp3) is 0.474. The fourth-order valence-electron chi connectivity index (χ4n) is 3.71. The van der Waals surface area contributed by atoms with Crippen molar-refractivity contribution in [2.45, 2.75) is 50.9 Å². The van der Waals surface area contributed by atoms with Gasteiger partial charge in [-0.1, -0.05) is 15.9 Å². The lowest BCUT2D eigenvalue weighted by molar-refractivity contribution is 0.150. The molecule has 2 N–H and O–H groups in total. The van der Waals surface area contributed by atoms with E-state index in [-0.39, 0.29) is 12.3 Å². The average molecular weight is 418 g/mol. The summed E-state index contributed by atoms with van der Waals surface area (Å²) in [6.07, 6.45) is 8.22. The Morgan fingerprint density at radius 3 is 2.65 bits per heavy atom. The summed E-state index contributed by atoms with van der Waals surface area (Å²) >= 11 is 3.60. The van der Waals surface area contributed by atoms with Crippen molar-refractivity contribution in [3.05, 3.63) is 35.1 Å². The van der Waals surface area contributed by atoms with E-state index >= 15 is 0 Å². The maximum absolute atomic E-state index is 6.43. The second-order valence-electron chi connectivity index (χ2n) is 7.04. The number of ether oxygens (including phenoxy) is 1. The second-order valence-corrected chi connectivity index (χ2v) is 7.96. The van der Waals surface area contributed by atoms with Gasteiger partial charge < -0.3 is 20.3 Å². The molecule has 1 unspecified atom stereocenters. The highest BCUT2D eigenvalue weighted by Gasteiger charge is 2.29. The van der Waals surface area contributed by atoms with Crippen LogP contribution in [0.1, 0.15) is 32.6 Å². The Morgan fingerprint density at radius 1 is 1.19 bits per heavy atom. The average Bonchev–Trinajstić information content (AvgIpc) is 2.91. The Morgan fingerprint density at radius 2 is 1.92 bits per heavy atom. The predicted octanol–water partition coefficient (Wildman–Crippen LogP) is 4.25. The number of hydrogen-bond acceptors (Lipinski definition) is 6. The van der Waals surface area contributed by atoms with Gasteiger partial charge in [-0.15, -0.1) is 0 Å². The molecular weight excluding hydrogens is 394 g/mol. The molecule has 1 aliphatic heterocycles. The van der Waals surface area contributed by atoms with E-state index in [0.29, 0.717) is 12.0 Å². The normalized spacial score (nSPS) is 24.7. The van der Waals surface area contributed by atoms with E-state index in [1.165, 1.54) is 0 Å². The van der Waals surface area contributed by atoms with Crippen molar-refractivity contribution in [1.82, 2.24) is 9.97 Å². The van der Waals surface area contributed by atoms with Gasteiger partial charge in [0.25, 0.3) is 0 Å². The Balaban J connectivity index is 1.40. The Hall–Kier alpha value is -2.02. The van der Waals surface area contributed by atoms with Crippen LogP contribution >= 0.6 is 15.9 Å². The molecule has 26 heavy (non-hydrogen) atoms. The van der Waals surface area contributed by atoms with Gasteiger partial charge in [0.05, 0.1) is 18.0 Å². The summed E-state index contributed by atoms with van der Waals surface area (Å²) in [7, 11) is 2.10. The summed E-state index contributed by atoms with van der Waals surface area (Å²) in [4.78, 5) is 10.7. The number of aromatic nitrogens is 2. The molecule has 1 aliphatic carbocycles. The number of nitrogens with one attached hydrogen (secondary N) is 2. The smallest absolute Gasteiger partial charge is 0.222 e. The molecule has 0 spiro atoms. The molecule has 7 heteroatoms. The molecule has 1 aromatic carbocycles. The number of hydrogen-bond donors (Lipinski definition) is 2. The van der Waals surface area contributed by atoms with Gasteiger partial charge in [0.15, 0.2) is 0 Å². The van der Waals surface area contributed by atoms with Crippen LogP contribution < -0.4 is 20.3 Å². The molecule has 2 aliphatic rings. The van der Waals surface area contributed by atoms with Crippen molar-refractivity contribution in [3.8, 4) is 5.75 Å². The molecule has 2 aromatic rings. The van der Waals surface area contributed by atoms with Gasteiger partial charge in [0.2, 0.25) is 5.95 Å². The Labute approximate surface area is 162 Å². The van der Waals surface area contributed by atoms with Crippen LogP contribution in [0.5, 0.6) is 5.75 Å². The lowest BCUT2D eigenvalue weighted by Gasteiger charge is -2.30. The molecule has 1 fully saturated rings. The third kappa shape index (κ3) is 3.58. The van der Waals surface area contributed by atoms with Crippen LogP contribution in [0.15, 0.2) is 35.1 Å². The molecule has 6 nitrogen and oxygen atoms in total. The number of anilines is 3. The number of benzene rings is 1. The minimum atomic E-state index is 0.243. The summed E-state index contributed by atoms with van der Waals surface area (Å²) < 4.78 is 7.47. The maximum Gasteiger partial charge on any atom is 0.222 e. The van der Waals surface area contributed by atoms with Crippen molar-refractivity contribution in [3.63, 3.8) is 0 Å². The third-order valence-corrected chi connectivity index (χ3v) is 5.66. The molecule has 1 atom stereocenters. The summed E-state index contributed by atoms with van der Waals surface area (Å²) in [6.45, 7) is 2.15. The topological polar surface area (TPSA) is 62.3 Å². The molecule has 138 valence electrons. The molecule has 1 aromatic heterocycles. The predicted molar refractivity (Wildman–Crippen MR) is 108 cm³/mol. The summed E-state index contributed by atoms with van der Waals surface area (Å²) in [6, 6.07) is 6.44. The fourth-order valence-corrected chi connectivity index (χ4v) is 4.15. The third-order valence-electron chi connectivity index (χ3n) is 5.20. The number of rotatable bonds is 4. The largest absolute Gasteiger partial charge is 0.488 e. The van der Waals surface area contributed by atoms with E-state index in [2.05, 4.69) is 67.5 Å². The zero-order valence-corrected chi connectivity index (χ0v) is 16.7. The first-order valence-corrected chi connectivity index (χ1v) is 9.92. The van der Waals surface area contributed by atoms with Crippen LogP contribution in [0.2, 0.25) is 0 Å². The van der Waals surface area contributed by atoms with E-state index < -0.39 is 0 Å². The SMILES string of the molecule is CC1Nc2cc(Br)cc(OC3CCC(Nc4ncccn4)CC3)c2N1C. The maximum atomic E-state index is 6.43. The van der Waals surface area contributed by atoms with E-state index in [4.69, 9.17) is 4.74 Å². The van der Waals surface area contributed by atoms with E-state index in [9.17, 15) is 0 Å². The summed E-state index contributed by atoms with van der Waals surface area (Å²) in [5, 5.41) is 6.92. The molecular formula is C19H24BrN5O. The van der Waals surface area contributed by atoms with Crippen molar-refractivity contribution in [2.75, 3.05) is 22.6 Å². The van der Waals surface area contributed by atoms with Gasteiger partial charge >= 0.3 is 0 Å². The highest BCUT2D eigenvalue weighted by molar-refractivity contribution is 9.10. The molecule has 4 rings (SSSR count). The lowest BCUT2D eigenvalue weighted by atomic mass is 9.93. The van der Waals surface area contributed by atoms with Crippen LogP contribution in [0.3, 0.4) is 0 Å². The van der Waals surface area contributed by atoms with E-state index in [0.717, 1.165) is 47.3 Å². The van der Waals surface area contributed by atoms with Gasteiger partial charge in [-0.2, -0.15) is 0 Å². The van der Waals surface area contributed by atoms with Crippen molar-refractivity contribution in [1.29, 1.82) is 0 Å². The summed E-state index contributed by atoms with van der Waals surface area (Å²) in [5.74, 6) is 1.67. The highest BCUT2D eigenvalue weighted by atomic mass is 79.9. The molecule has 0 radical (unpaired) electrons. The zero-order valence-electron chi connectivity index (χ0n) is 15.1. The first-order valence-electron chi connectivity index (χ1n) is 9.13. The monoisotopic (exact) mass is 417 g/mol. The minimum Gasteiger partial charge on any atom is -0.488 e. The van der Waals surface area contributed by atoms with Crippen LogP contribution in [-0.4, -0.2) is 35.3 Å². The van der Waals surface area contributed by atoms with Gasteiger partial charge in [-0.25, -0.2) is 9.97 Å². The van der Waals surface area contributed by atoms with Crippen molar-refractivity contribution < 1.29 is 4.74 Å². The Bertz CT molecular complexity index is 764. The first kappa shape index (κ1) is 17.4. The number of fused-ring (bicyclic) bond motifs is 1. The van der Waals surface area contributed by atoms with Crippen molar-refractivity contribution in [2.24, 2.45) is 0 Å². The van der Waals surface area contributed by atoms with Gasteiger partial charge in [0.1, 0.15) is 11.4 Å².